The third kappa shape index (κ3) is 6.80. The van der Waals surface area contributed by atoms with Crippen LogP contribution in [0, 0.1) is 0 Å². The molecule has 0 saturated carbocycles. The van der Waals surface area contributed by atoms with Crippen LogP contribution in [0.25, 0.3) is 6.08 Å². The molecule has 154 valence electrons. The molecular formula is C20H20F2N2O5. The van der Waals surface area contributed by atoms with Crippen molar-refractivity contribution in [2.45, 2.75) is 13.2 Å². The molecule has 0 heterocycles. The Labute approximate surface area is 166 Å². The zero-order valence-corrected chi connectivity index (χ0v) is 15.8. The molecule has 0 aliphatic heterocycles. The van der Waals surface area contributed by atoms with Crippen LogP contribution in [-0.2, 0) is 16.1 Å². The van der Waals surface area contributed by atoms with E-state index in [0.717, 1.165) is 5.56 Å². The highest BCUT2D eigenvalue weighted by molar-refractivity contribution is 5.92. The lowest BCUT2D eigenvalue weighted by Gasteiger charge is -2.12. The molecule has 0 fully saturated rings. The molecule has 0 unspecified atom stereocenters. The van der Waals surface area contributed by atoms with Crippen LogP contribution in [0.5, 0.6) is 11.5 Å². The maximum absolute atomic E-state index is 12.6. The number of anilines is 1. The van der Waals surface area contributed by atoms with Gasteiger partial charge in [0, 0.05) is 23.9 Å². The topological polar surface area (TPSA) is 85.9 Å². The molecule has 7 nitrogen and oxygen atoms in total. The first-order chi connectivity index (χ1) is 13.9. The van der Waals surface area contributed by atoms with Gasteiger partial charge in [-0.1, -0.05) is 24.3 Å². The molecule has 0 saturated heterocycles. The highest BCUT2D eigenvalue weighted by atomic mass is 19.3. The average molecular weight is 406 g/mol. The lowest BCUT2D eigenvalue weighted by molar-refractivity contribution is -0.116. The lowest BCUT2D eigenvalue weighted by Crippen LogP contribution is -2.20. The number of carbonyl (C=O) groups is 2. The number of hydrogen-bond donors (Lipinski definition) is 2. The number of carbonyl (C=O) groups excluding carboxylic acids is 2. The van der Waals surface area contributed by atoms with Crippen molar-refractivity contribution in [3.63, 3.8) is 0 Å². The van der Waals surface area contributed by atoms with E-state index in [2.05, 4.69) is 20.1 Å². The van der Waals surface area contributed by atoms with Gasteiger partial charge < -0.3 is 19.5 Å². The number of halogens is 2. The Bertz CT molecular complexity index is 870. The van der Waals surface area contributed by atoms with E-state index >= 15 is 0 Å². The van der Waals surface area contributed by atoms with Crippen molar-refractivity contribution in [3.8, 4) is 11.5 Å². The van der Waals surface area contributed by atoms with E-state index in [1.807, 2.05) is 0 Å². The van der Waals surface area contributed by atoms with Gasteiger partial charge >= 0.3 is 12.7 Å². The van der Waals surface area contributed by atoms with Crippen molar-refractivity contribution >= 4 is 23.8 Å². The number of hydrogen-bond acceptors (Lipinski definition) is 5. The summed E-state index contributed by atoms with van der Waals surface area (Å²) in [7, 11) is 2.60. The van der Waals surface area contributed by atoms with E-state index in [-0.39, 0.29) is 23.6 Å². The first kappa shape index (κ1) is 21.7. The number of amides is 2. The Morgan fingerprint density at radius 2 is 1.83 bits per heavy atom. The highest BCUT2D eigenvalue weighted by Gasteiger charge is 2.14. The third-order valence-electron chi connectivity index (χ3n) is 3.70. The van der Waals surface area contributed by atoms with E-state index in [0.29, 0.717) is 5.69 Å². The fourth-order valence-electron chi connectivity index (χ4n) is 2.33. The summed E-state index contributed by atoms with van der Waals surface area (Å²) in [5.74, 6) is -0.441. The van der Waals surface area contributed by atoms with Gasteiger partial charge in [-0.3, -0.25) is 10.1 Å². The zero-order chi connectivity index (χ0) is 21.2. The van der Waals surface area contributed by atoms with E-state index in [9.17, 15) is 18.4 Å². The van der Waals surface area contributed by atoms with Crippen molar-refractivity contribution in [1.29, 1.82) is 0 Å². The predicted octanol–water partition coefficient (Wildman–Crippen LogP) is 3.80. The maximum Gasteiger partial charge on any atom is 0.411 e. The van der Waals surface area contributed by atoms with E-state index in [1.165, 1.54) is 38.5 Å². The first-order valence-corrected chi connectivity index (χ1v) is 8.44. The molecule has 0 radical (unpaired) electrons. The van der Waals surface area contributed by atoms with Gasteiger partial charge in [0.15, 0.2) is 11.5 Å². The summed E-state index contributed by atoms with van der Waals surface area (Å²) in [4.78, 5) is 23.2. The Morgan fingerprint density at radius 3 is 2.45 bits per heavy atom. The van der Waals surface area contributed by atoms with Gasteiger partial charge in [0.1, 0.15) is 0 Å². The van der Waals surface area contributed by atoms with Crippen LogP contribution < -0.4 is 20.1 Å². The molecule has 2 rings (SSSR count). The molecule has 9 heteroatoms. The van der Waals surface area contributed by atoms with E-state index < -0.39 is 18.6 Å². The summed E-state index contributed by atoms with van der Waals surface area (Å²) in [6.07, 6.45) is 1.99. The van der Waals surface area contributed by atoms with Crippen molar-refractivity contribution < 1.29 is 32.6 Å². The maximum atomic E-state index is 12.6. The van der Waals surface area contributed by atoms with Crippen LogP contribution in [0.2, 0.25) is 0 Å². The molecule has 0 aliphatic rings. The molecule has 0 atom stereocenters. The Kier molecular flexibility index (Phi) is 7.96. The second-order valence-electron chi connectivity index (χ2n) is 5.62. The number of para-hydroxylation sites is 1. The van der Waals surface area contributed by atoms with Crippen LogP contribution in [0.4, 0.5) is 19.3 Å². The molecule has 2 amide bonds. The van der Waals surface area contributed by atoms with Crippen molar-refractivity contribution in [1.82, 2.24) is 5.32 Å². The van der Waals surface area contributed by atoms with Crippen molar-refractivity contribution in [3.05, 3.63) is 59.7 Å². The number of alkyl halides is 2. The minimum atomic E-state index is -3.02. The molecule has 0 bridgehead atoms. The molecule has 2 aromatic rings. The summed E-state index contributed by atoms with van der Waals surface area (Å²) < 4.78 is 39.3. The van der Waals surface area contributed by atoms with Crippen LogP contribution in [0.3, 0.4) is 0 Å². The minimum absolute atomic E-state index is 0.133. The Hall–Kier alpha value is -3.62. The molecule has 2 aromatic carbocycles. The largest absolute Gasteiger partial charge is 0.493 e. The second-order valence-corrected chi connectivity index (χ2v) is 5.62. The minimum Gasteiger partial charge on any atom is -0.493 e. The molecule has 0 spiro atoms. The summed E-state index contributed by atoms with van der Waals surface area (Å²) in [6, 6.07) is 11.4. The van der Waals surface area contributed by atoms with Crippen LogP contribution >= 0.6 is 0 Å². The molecule has 29 heavy (non-hydrogen) atoms. The fourth-order valence-corrected chi connectivity index (χ4v) is 2.33. The smallest absolute Gasteiger partial charge is 0.411 e. The number of rotatable bonds is 8. The Morgan fingerprint density at radius 1 is 1.10 bits per heavy atom. The van der Waals surface area contributed by atoms with Crippen molar-refractivity contribution in [2.24, 2.45) is 0 Å². The van der Waals surface area contributed by atoms with E-state index in [1.54, 1.807) is 30.3 Å². The van der Waals surface area contributed by atoms with Crippen molar-refractivity contribution in [2.75, 3.05) is 19.5 Å². The standard InChI is InChI=1S/C20H20F2N2O5/c1-27-16-5-3-4-14(18(16)29-19(21)22)8-11-17(25)23-12-13-6-9-15(10-7-13)24-20(26)28-2/h3-11,19H,12H2,1-2H3,(H,23,25)(H,24,26). The first-order valence-electron chi connectivity index (χ1n) is 8.44. The molecule has 0 aromatic heterocycles. The SMILES string of the molecule is COC(=O)Nc1ccc(CNC(=O)C=Cc2cccc(OC)c2OC(F)F)cc1. The lowest BCUT2D eigenvalue weighted by atomic mass is 10.1. The fraction of sp³-hybridized carbons (Fsp3) is 0.200. The second kappa shape index (κ2) is 10.6. The number of nitrogens with one attached hydrogen (secondary N) is 2. The monoisotopic (exact) mass is 406 g/mol. The molecule has 2 N–H and O–H groups in total. The number of ether oxygens (including phenoxy) is 3. The zero-order valence-electron chi connectivity index (χ0n) is 15.8. The quantitative estimate of drug-likeness (QED) is 0.652. The highest BCUT2D eigenvalue weighted by Crippen LogP contribution is 2.33. The normalized spacial score (nSPS) is 10.7. The predicted molar refractivity (Wildman–Crippen MR) is 103 cm³/mol. The van der Waals surface area contributed by atoms with Gasteiger partial charge in [-0.25, -0.2) is 4.79 Å². The molecule has 0 aliphatic carbocycles. The van der Waals surface area contributed by atoms with Crippen LogP contribution in [0.15, 0.2) is 48.5 Å². The summed E-state index contributed by atoms with van der Waals surface area (Å²) in [5.41, 5.74) is 1.62. The van der Waals surface area contributed by atoms with Gasteiger partial charge in [-0.2, -0.15) is 8.78 Å². The van der Waals surface area contributed by atoms with Crippen LogP contribution in [0.1, 0.15) is 11.1 Å². The number of methoxy groups -OCH3 is 2. The van der Waals surface area contributed by atoms with Crippen LogP contribution in [-0.4, -0.2) is 32.8 Å². The van der Waals surface area contributed by atoms with Gasteiger partial charge in [0.2, 0.25) is 5.91 Å². The van der Waals surface area contributed by atoms with Gasteiger partial charge in [0.05, 0.1) is 14.2 Å². The summed E-state index contributed by atoms with van der Waals surface area (Å²) in [6.45, 7) is -2.79. The molecular weight excluding hydrogens is 386 g/mol. The summed E-state index contributed by atoms with van der Waals surface area (Å²) in [5, 5.41) is 5.19. The number of benzene rings is 2. The van der Waals surface area contributed by atoms with Gasteiger partial charge in [-0.15, -0.1) is 0 Å². The van der Waals surface area contributed by atoms with E-state index in [4.69, 9.17) is 4.74 Å². The van der Waals surface area contributed by atoms with Gasteiger partial charge in [-0.05, 0) is 29.8 Å². The average Bonchev–Trinajstić information content (AvgIpc) is 2.71. The summed E-state index contributed by atoms with van der Waals surface area (Å²) >= 11 is 0. The third-order valence-corrected chi connectivity index (χ3v) is 3.70. The Balaban J connectivity index is 1.97. The van der Waals surface area contributed by atoms with Gasteiger partial charge in [0.25, 0.3) is 0 Å².